The predicted octanol–water partition coefficient (Wildman–Crippen LogP) is 5.99. The van der Waals surface area contributed by atoms with E-state index in [2.05, 4.69) is 60.0 Å². The molecule has 0 aliphatic carbocycles. The molecule has 1 amide bonds. The van der Waals surface area contributed by atoms with Crippen molar-refractivity contribution in [1.29, 1.82) is 0 Å². The van der Waals surface area contributed by atoms with E-state index in [-0.39, 0.29) is 17.9 Å². The maximum Gasteiger partial charge on any atom is 0.264 e. The fourth-order valence-electron chi connectivity index (χ4n) is 2.79. The first-order chi connectivity index (χ1) is 12.6. The average molecular weight is 447 g/mol. The average Bonchev–Trinajstić information content (AvgIpc) is 2.99. The number of aromatic nitrogens is 1. The molecule has 2 aromatic carbocycles. The second-order valence-electron chi connectivity index (χ2n) is 7.60. The van der Waals surface area contributed by atoms with Crippen molar-refractivity contribution in [2.45, 2.75) is 40.0 Å². The number of amides is 1. The van der Waals surface area contributed by atoms with E-state index in [1.165, 1.54) is 16.9 Å². The zero-order valence-electron chi connectivity index (χ0n) is 16.1. The quantitative estimate of drug-likeness (QED) is 0.535. The highest BCUT2D eigenvalue weighted by molar-refractivity contribution is 9.10. The van der Waals surface area contributed by atoms with Crippen LogP contribution in [-0.2, 0) is 10.2 Å². The third kappa shape index (κ3) is 4.50. The van der Waals surface area contributed by atoms with Crippen LogP contribution in [0.25, 0.3) is 10.2 Å². The number of ether oxygens (including phenoxy) is 1. The van der Waals surface area contributed by atoms with Crippen LogP contribution in [0, 0.1) is 13.8 Å². The molecule has 0 unspecified atom stereocenters. The summed E-state index contributed by atoms with van der Waals surface area (Å²) in [6.07, 6.45) is 0. The van der Waals surface area contributed by atoms with Crippen molar-refractivity contribution in [1.82, 2.24) is 4.98 Å². The minimum atomic E-state index is -0.216. The molecule has 0 aliphatic heterocycles. The lowest BCUT2D eigenvalue weighted by Crippen LogP contribution is -2.21. The third-order valence-corrected chi connectivity index (χ3v) is 5.87. The Morgan fingerprint density at radius 3 is 2.67 bits per heavy atom. The number of nitrogens with one attached hydrogen (secondary N) is 1. The molecule has 142 valence electrons. The Kier molecular flexibility index (Phi) is 5.58. The van der Waals surface area contributed by atoms with Crippen LogP contribution >= 0.6 is 27.3 Å². The topological polar surface area (TPSA) is 51.2 Å². The Morgan fingerprint density at radius 1 is 1.22 bits per heavy atom. The highest BCUT2D eigenvalue weighted by atomic mass is 79.9. The molecule has 0 bridgehead atoms. The van der Waals surface area contributed by atoms with E-state index in [1.54, 1.807) is 0 Å². The summed E-state index contributed by atoms with van der Waals surface area (Å²) in [5.74, 6) is 0.503. The van der Waals surface area contributed by atoms with Crippen LogP contribution < -0.4 is 10.1 Å². The first kappa shape index (κ1) is 19.8. The summed E-state index contributed by atoms with van der Waals surface area (Å²) in [6, 6.07) is 9.96. The second kappa shape index (κ2) is 7.60. The predicted molar refractivity (Wildman–Crippen MR) is 116 cm³/mol. The van der Waals surface area contributed by atoms with E-state index >= 15 is 0 Å². The van der Waals surface area contributed by atoms with Gasteiger partial charge in [0.15, 0.2) is 11.7 Å². The third-order valence-electron chi connectivity index (χ3n) is 4.44. The number of carbonyl (C=O) groups excluding carboxylic acids is 1. The molecule has 1 aromatic heterocycles. The molecule has 3 aromatic rings. The molecule has 27 heavy (non-hydrogen) atoms. The largest absolute Gasteiger partial charge is 0.483 e. The van der Waals surface area contributed by atoms with Gasteiger partial charge in [-0.3, -0.25) is 10.1 Å². The van der Waals surface area contributed by atoms with Crippen LogP contribution in [0.3, 0.4) is 0 Å². The molecular formula is C21H23BrN2O2S. The SMILES string of the molecule is Cc1ccc2sc(NC(=O)COc3ccc(Br)cc3C(C)(C)C)nc2c1C. The Labute approximate surface area is 172 Å². The van der Waals surface area contributed by atoms with Crippen LogP contribution in [0.4, 0.5) is 5.13 Å². The number of thiazole rings is 1. The van der Waals surface area contributed by atoms with Crippen LogP contribution in [-0.4, -0.2) is 17.5 Å². The number of hydrogen-bond acceptors (Lipinski definition) is 4. The van der Waals surface area contributed by atoms with Gasteiger partial charge in [-0.15, -0.1) is 0 Å². The summed E-state index contributed by atoms with van der Waals surface area (Å²) in [5.41, 5.74) is 4.25. The number of benzene rings is 2. The van der Waals surface area contributed by atoms with Crippen molar-refractivity contribution in [3.63, 3.8) is 0 Å². The Hall–Kier alpha value is -1.92. The fraction of sp³-hybridized carbons (Fsp3) is 0.333. The van der Waals surface area contributed by atoms with Crippen molar-refractivity contribution in [3.05, 3.63) is 51.5 Å². The van der Waals surface area contributed by atoms with Gasteiger partial charge >= 0.3 is 0 Å². The highest BCUT2D eigenvalue weighted by Crippen LogP contribution is 2.34. The van der Waals surface area contributed by atoms with Gasteiger partial charge in [-0.05, 0) is 54.7 Å². The number of rotatable bonds is 4. The Balaban J connectivity index is 1.72. The van der Waals surface area contributed by atoms with E-state index in [4.69, 9.17) is 4.74 Å². The minimum absolute atomic E-state index is 0.0569. The lowest BCUT2D eigenvalue weighted by Gasteiger charge is -2.23. The van der Waals surface area contributed by atoms with Gasteiger partial charge in [-0.25, -0.2) is 4.98 Å². The summed E-state index contributed by atoms with van der Waals surface area (Å²) in [7, 11) is 0. The van der Waals surface area contributed by atoms with E-state index in [0.717, 1.165) is 31.6 Å². The van der Waals surface area contributed by atoms with Crippen molar-refractivity contribution in [3.8, 4) is 5.75 Å². The molecule has 0 aliphatic rings. The van der Waals surface area contributed by atoms with Crippen molar-refractivity contribution in [2.75, 3.05) is 11.9 Å². The fourth-order valence-corrected chi connectivity index (χ4v) is 4.09. The molecule has 6 heteroatoms. The monoisotopic (exact) mass is 446 g/mol. The van der Waals surface area contributed by atoms with Crippen LogP contribution in [0.1, 0.15) is 37.5 Å². The van der Waals surface area contributed by atoms with Crippen molar-refractivity contribution in [2.24, 2.45) is 0 Å². The highest BCUT2D eigenvalue weighted by Gasteiger charge is 2.20. The second-order valence-corrected chi connectivity index (χ2v) is 9.55. The number of fused-ring (bicyclic) bond motifs is 1. The maximum atomic E-state index is 12.4. The van der Waals surface area contributed by atoms with Gasteiger partial charge in [-0.2, -0.15) is 0 Å². The van der Waals surface area contributed by atoms with Crippen molar-refractivity contribution >= 4 is 48.5 Å². The van der Waals surface area contributed by atoms with Gasteiger partial charge in [0.2, 0.25) is 0 Å². The number of halogens is 1. The van der Waals surface area contributed by atoms with Gasteiger partial charge in [0.05, 0.1) is 10.2 Å². The molecule has 0 saturated carbocycles. The van der Waals surface area contributed by atoms with E-state index in [1.807, 2.05) is 31.2 Å². The number of hydrogen-bond donors (Lipinski definition) is 1. The molecule has 0 radical (unpaired) electrons. The van der Waals surface area contributed by atoms with E-state index in [9.17, 15) is 4.79 Å². The molecule has 0 spiro atoms. The molecule has 0 atom stereocenters. The number of carbonyl (C=O) groups is 1. The summed E-state index contributed by atoms with van der Waals surface area (Å²) in [6.45, 7) is 10.4. The van der Waals surface area contributed by atoms with Gasteiger partial charge < -0.3 is 4.74 Å². The normalized spacial score (nSPS) is 11.6. The number of aryl methyl sites for hydroxylation is 2. The molecular weight excluding hydrogens is 424 g/mol. The summed E-state index contributed by atoms with van der Waals surface area (Å²) in [4.78, 5) is 16.9. The lowest BCUT2D eigenvalue weighted by molar-refractivity contribution is -0.118. The smallest absolute Gasteiger partial charge is 0.264 e. The van der Waals surface area contributed by atoms with Gasteiger partial charge in [0.1, 0.15) is 5.75 Å². The van der Waals surface area contributed by atoms with Gasteiger partial charge in [0.25, 0.3) is 5.91 Å². The van der Waals surface area contributed by atoms with Gasteiger partial charge in [0, 0.05) is 10.0 Å². The molecule has 1 heterocycles. The molecule has 0 fully saturated rings. The summed E-state index contributed by atoms with van der Waals surface area (Å²) < 4.78 is 7.87. The first-order valence-corrected chi connectivity index (χ1v) is 10.4. The molecule has 4 nitrogen and oxygen atoms in total. The van der Waals surface area contributed by atoms with E-state index in [0.29, 0.717) is 5.13 Å². The van der Waals surface area contributed by atoms with Crippen LogP contribution in [0.2, 0.25) is 0 Å². The zero-order valence-corrected chi connectivity index (χ0v) is 18.5. The first-order valence-electron chi connectivity index (χ1n) is 8.74. The Morgan fingerprint density at radius 2 is 1.96 bits per heavy atom. The van der Waals surface area contributed by atoms with Crippen LogP contribution in [0.15, 0.2) is 34.8 Å². The van der Waals surface area contributed by atoms with Gasteiger partial charge in [-0.1, -0.05) is 54.1 Å². The molecule has 1 N–H and O–H groups in total. The lowest BCUT2D eigenvalue weighted by atomic mass is 9.86. The number of anilines is 1. The number of nitrogens with zero attached hydrogens (tertiary/aromatic N) is 1. The molecule has 3 rings (SSSR count). The van der Waals surface area contributed by atoms with Crippen LogP contribution in [0.5, 0.6) is 5.75 Å². The minimum Gasteiger partial charge on any atom is -0.483 e. The summed E-state index contributed by atoms with van der Waals surface area (Å²) in [5, 5.41) is 3.45. The standard InChI is InChI=1S/C21H23BrN2O2S/c1-12-6-9-17-19(13(12)2)24-20(27-17)23-18(25)11-26-16-8-7-14(22)10-15(16)21(3,4)5/h6-10H,11H2,1-5H3,(H,23,24,25). The van der Waals surface area contributed by atoms with E-state index < -0.39 is 0 Å². The Bertz CT molecular complexity index is 1010. The zero-order chi connectivity index (χ0) is 19.8. The maximum absolute atomic E-state index is 12.4. The molecule has 0 saturated heterocycles. The summed E-state index contributed by atoms with van der Waals surface area (Å²) >= 11 is 4.97. The van der Waals surface area contributed by atoms with Crippen molar-refractivity contribution < 1.29 is 9.53 Å².